The lowest BCUT2D eigenvalue weighted by Crippen LogP contribution is -2.13. The van der Waals surface area contributed by atoms with Crippen LogP contribution >= 0.6 is 0 Å². The normalized spacial score (nSPS) is 12.5. The van der Waals surface area contributed by atoms with E-state index in [0.29, 0.717) is 17.5 Å². The maximum Gasteiger partial charge on any atom is 0.164 e. The molecule has 0 spiro atoms. The maximum atomic E-state index is 4.96. The molecule has 1 aliphatic rings. The van der Waals surface area contributed by atoms with Crippen molar-refractivity contribution in [1.29, 1.82) is 0 Å². The third-order valence-corrected chi connectivity index (χ3v) is 8.10. The summed E-state index contributed by atoms with van der Waals surface area (Å²) in [4.78, 5) is 24.3. The predicted molar refractivity (Wildman–Crippen MR) is 178 cm³/mol. The van der Waals surface area contributed by atoms with E-state index in [1.807, 2.05) is 48.7 Å². The molecule has 0 N–H and O–H groups in total. The van der Waals surface area contributed by atoms with Crippen molar-refractivity contribution in [3.05, 3.63) is 156 Å². The van der Waals surface area contributed by atoms with Crippen molar-refractivity contribution in [1.82, 2.24) is 19.9 Å². The second-order valence-electron chi connectivity index (χ2n) is 10.8. The van der Waals surface area contributed by atoms with Gasteiger partial charge in [-0.1, -0.05) is 127 Å². The first-order valence-electron chi connectivity index (χ1n) is 14.8. The number of hydrogen-bond acceptors (Lipinski definition) is 5. The summed E-state index contributed by atoms with van der Waals surface area (Å²) in [6.45, 7) is 0.806. The molecular weight excluding hydrogens is 538 g/mol. The molecular formula is C39H27N5. The number of pyridine rings is 1. The highest BCUT2D eigenvalue weighted by Crippen LogP contribution is 2.30. The number of nitrogens with zero attached hydrogens (tertiary/aromatic N) is 5. The summed E-state index contributed by atoms with van der Waals surface area (Å²) >= 11 is 0. The van der Waals surface area contributed by atoms with Crippen LogP contribution in [0.15, 0.2) is 145 Å². The van der Waals surface area contributed by atoms with Crippen molar-refractivity contribution < 1.29 is 0 Å². The molecule has 8 rings (SSSR count). The fourth-order valence-electron chi connectivity index (χ4n) is 5.84. The molecule has 0 fully saturated rings. The van der Waals surface area contributed by atoms with Gasteiger partial charge >= 0.3 is 0 Å². The number of aromatic nitrogens is 4. The minimum absolute atomic E-state index is 0.626. The summed E-state index contributed by atoms with van der Waals surface area (Å²) in [6, 6.07) is 45.7. The second kappa shape index (κ2) is 11.1. The Kier molecular flexibility index (Phi) is 6.54. The summed E-state index contributed by atoms with van der Waals surface area (Å²) in [5.41, 5.74) is 9.49. The molecule has 0 atom stereocenters. The van der Waals surface area contributed by atoms with Crippen LogP contribution in [0.2, 0.25) is 0 Å². The highest BCUT2D eigenvalue weighted by atomic mass is 15.0. The van der Waals surface area contributed by atoms with E-state index in [1.54, 1.807) is 0 Å². The van der Waals surface area contributed by atoms with Gasteiger partial charge in [-0.05, 0) is 23.4 Å². The van der Waals surface area contributed by atoms with E-state index < -0.39 is 0 Å². The number of hydrogen-bond donors (Lipinski definition) is 0. The molecule has 5 heteroatoms. The fraction of sp³-hybridized carbons (Fsp3) is 0.0513. The Morgan fingerprint density at radius 1 is 0.455 bits per heavy atom. The lowest BCUT2D eigenvalue weighted by Gasteiger charge is -2.17. The van der Waals surface area contributed by atoms with Crippen molar-refractivity contribution in [2.24, 2.45) is 4.99 Å². The smallest absolute Gasteiger partial charge is 0.164 e. The lowest BCUT2D eigenvalue weighted by molar-refractivity contribution is 0.944. The van der Waals surface area contributed by atoms with E-state index in [1.165, 1.54) is 16.5 Å². The largest absolute Gasteiger partial charge is 0.284 e. The molecule has 44 heavy (non-hydrogen) atoms. The second-order valence-corrected chi connectivity index (χ2v) is 10.8. The minimum Gasteiger partial charge on any atom is -0.284 e. The van der Waals surface area contributed by atoms with Gasteiger partial charge in [0.05, 0.1) is 11.4 Å². The van der Waals surface area contributed by atoms with Gasteiger partial charge in [0.1, 0.15) is 0 Å². The van der Waals surface area contributed by atoms with Crippen molar-refractivity contribution in [2.45, 2.75) is 6.42 Å². The van der Waals surface area contributed by atoms with Gasteiger partial charge in [0.25, 0.3) is 0 Å². The first kappa shape index (κ1) is 25.9. The average molecular weight is 566 g/mol. The fourth-order valence-corrected chi connectivity index (χ4v) is 5.84. The van der Waals surface area contributed by atoms with Gasteiger partial charge in [-0.2, -0.15) is 0 Å². The Morgan fingerprint density at radius 2 is 1.02 bits per heavy atom. The van der Waals surface area contributed by atoms with Crippen LogP contribution < -0.4 is 0 Å². The number of rotatable bonds is 5. The molecule has 0 amide bonds. The van der Waals surface area contributed by atoms with Crippen molar-refractivity contribution in [2.75, 3.05) is 6.54 Å². The molecule has 0 unspecified atom stereocenters. The monoisotopic (exact) mass is 565 g/mol. The quantitative estimate of drug-likeness (QED) is 0.210. The van der Waals surface area contributed by atoms with Crippen LogP contribution in [0.3, 0.4) is 0 Å². The summed E-state index contributed by atoms with van der Waals surface area (Å²) in [6.07, 6.45) is 2.84. The molecule has 0 saturated carbocycles. The Bertz CT molecular complexity index is 2150. The predicted octanol–water partition coefficient (Wildman–Crippen LogP) is 8.48. The first-order valence-corrected chi connectivity index (χ1v) is 14.8. The van der Waals surface area contributed by atoms with Crippen LogP contribution in [0.25, 0.3) is 56.2 Å². The summed E-state index contributed by atoms with van der Waals surface area (Å²) in [7, 11) is 0. The standard InChI is InChI=1S/C39H27N5/c1-2-10-30(11-3-1)37-42-38(31-18-14-28(15-19-31)35-33-12-6-4-8-26(33)22-24-40-35)44-39(43-37)32-20-16-29(17-21-32)36-34-13-7-5-9-27(34)23-25-41-36/h1-22,24H,23,25H2. The van der Waals surface area contributed by atoms with E-state index in [-0.39, 0.29) is 0 Å². The molecule has 5 aromatic carbocycles. The third-order valence-electron chi connectivity index (χ3n) is 8.10. The van der Waals surface area contributed by atoms with Crippen LogP contribution in [0, 0.1) is 0 Å². The summed E-state index contributed by atoms with van der Waals surface area (Å²) in [5, 5.41) is 2.30. The molecule has 2 aromatic heterocycles. The van der Waals surface area contributed by atoms with Crippen LogP contribution in [-0.4, -0.2) is 32.2 Å². The molecule has 5 nitrogen and oxygen atoms in total. The molecule has 0 radical (unpaired) electrons. The van der Waals surface area contributed by atoms with Crippen LogP contribution in [0.5, 0.6) is 0 Å². The zero-order chi connectivity index (χ0) is 29.3. The van der Waals surface area contributed by atoms with Gasteiger partial charge < -0.3 is 0 Å². The van der Waals surface area contributed by atoms with Gasteiger partial charge in [0.15, 0.2) is 17.5 Å². The van der Waals surface area contributed by atoms with Gasteiger partial charge in [-0.15, -0.1) is 0 Å². The SMILES string of the molecule is c1ccc(-c2nc(-c3ccc(C4=NCCc5ccccc54)cc3)nc(-c3ccc(-c4nccc5ccccc45)cc3)n2)cc1. The topological polar surface area (TPSA) is 63.9 Å². The summed E-state index contributed by atoms with van der Waals surface area (Å²) < 4.78 is 0. The molecule has 0 saturated heterocycles. The molecule has 7 aromatic rings. The highest BCUT2D eigenvalue weighted by Gasteiger charge is 2.17. The van der Waals surface area contributed by atoms with E-state index in [9.17, 15) is 0 Å². The third kappa shape index (κ3) is 4.84. The van der Waals surface area contributed by atoms with E-state index in [0.717, 1.165) is 57.6 Å². The Balaban J connectivity index is 1.18. The Morgan fingerprint density at radius 3 is 1.75 bits per heavy atom. The zero-order valence-corrected chi connectivity index (χ0v) is 23.9. The first-order chi connectivity index (χ1) is 21.8. The molecule has 208 valence electrons. The summed E-state index contributed by atoms with van der Waals surface area (Å²) in [5.74, 6) is 1.90. The van der Waals surface area contributed by atoms with E-state index in [4.69, 9.17) is 24.9 Å². The Hall–Kier alpha value is -5.81. The van der Waals surface area contributed by atoms with Crippen LogP contribution in [0.4, 0.5) is 0 Å². The van der Waals surface area contributed by atoms with Gasteiger partial charge in [-0.3, -0.25) is 9.98 Å². The van der Waals surface area contributed by atoms with E-state index in [2.05, 4.69) is 91.0 Å². The average Bonchev–Trinajstić information content (AvgIpc) is 3.11. The highest BCUT2D eigenvalue weighted by molar-refractivity contribution is 6.14. The number of aliphatic imine (C=N–C) groups is 1. The van der Waals surface area contributed by atoms with Gasteiger partial charge in [0, 0.05) is 51.5 Å². The lowest BCUT2D eigenvalue weighted by atomic mass is 9.93. The van der Waals surface area contributed by atoms with Gasteiger partial charge in [0.2, 0.25) is 0 Å². The zero-order valence-electron chi connectivity index (χ0n) is 23.9. The van der Waals surface area contributed by atoms with E-state index >= 15 is 0 Å². The van der Waals surface area contributed by atoms with Crippen LogP contribution in [-0.2, 0) is 6.42 Å². The van der Waals surface area contributed by atoms with Crippen molar-refractivity contribution in [3.8, 4) is 45.4 Å². The molecule has 3 heterocycles. The number of fused-ring (bicyclic) bond motifs is 2. The minimum atomic E-state index is 0.626. The molecule has 1 aliphatic heterocycles. The maximum absolute atomic E-state index is 4.96. The van der Waals surface area contributed by atoms with Crippen molar-refractivity contribution in [3.63, 3.8) is 0 Å². The molecule has 0 aliphatic carbocycles. The van der Waals surface area contributed by atoms with Crippen molar-refractivity contribution >= 4 is 16.5 Å². The Labute approximate surface area is 255 Å². The molecule has 0 bridgehead atoms. The van der Waals surface area contributed by atoms with Crippen LogP contribution in [0.1, 0.15) is 16.7 Å². The van der Waals surface area contributed by atoms with Gasteiger partial charge in [-0.25, -0.2) is 15.0 Å². The number of benzene rings is 5.